The first-order valence-electron chi connectivity index (χ1n) is 7.27. The highest BCUT2D eigenvalue weighted by atomic mass is 16.5. The molecule has 1 atom stereocenters. The van der Waals surface area contributed by atoms with Crippen molar-refractivity contribution in [2.45, 2.75) is 53.1 Å². The lowest BCUT2D eigenvalue weighted by Crippen LogP contribution is -2.13. The van der Waals surface area contributed by atoms with Crippen LogP contribution in [-0.2, 0) is 11.2 Å². The van der Waals surface area contributed by atoms with Crippen molar-refractivity contribution in [3.63, 3.8) is 0 Å². The van der Waals surface area contributed by atoms with Gasteiger partial charge in [-0.1, -0.05) is 58.4 Å². The molecule has 0 fully saturated rings. The quantitative estimate of drug-likeness (QED) is 0.750. The number of hydrogen-bond acceptors (Lipinski definition) is 2. The maximum atomic E-state index is 10.0. The van der Waals surface area contributed by atoms with Crippen molar-refractivity contribution in [1.82, 2.24) is 0 Å². The summed E-state index contributed by atoms with van der Waals surface area (Å²) in [5.74, 6) is 0. The van der Waals surface area contributed by atoms with Crippen LogP contribution in [0.25, 0.3) is 0 Å². The van der Waals surface area contributed by atoms with Gasteiger partial charge in [-0.05, 0) is 29.4 Å². The Bertz CT molecular complexity index is 349. The third-order valence-electron chi connectivity index (χ3n) is 3.18. The monoisotopic (exact) mass is 264 g/mol. The third kappa shape index (κ3) is 6.74. The molecule has 0 aliphatic carbocycles. The first-order valence-corrected chi connectivity index (χ1v) is 7.27. The van der Waals surface area contributed by atoms with Crippen molar-refractivity contribution in [2.75, 3.05) is 13.2 Å². The minimum atomic E-state index is -0.518. The van der Waals surface area contributed by atoms with E-state index in [0.29, 0.717) is 13.2 Å². The fraction of sp³-hybridized carbons (Fsp3) is 0.647. The lowest BCUT2D eigenvalue weighted by Gasteiger charge is -2.18. The van der Waals surface area contributed by atoms with E-state index < -0.39 is 6.10 Å². The van der Waals surface area contributed by atoms with Gasteiger partial charge < -0.3 is 9.84 Å². The number of benzene rings is 1. The molecule has 1 rings (SSSR count). The van der Waals surface area contributed by atoms with Gasteiger partial charge in [0.2, 0.25) is 0 Å². The van der Waals surface area contributed by atoms with Crippen molar-refractivity contribution in [2.24, 2.45) is 5.41 Å². The molecule has 0 heterocycles. The maximum Gasteiger partial charge on any atom is 0.102 e. The summed E-state index contributed by atoms with van der Waals surface area (Å²) < 4.78 is 5.55. The van der Waals surface area contributed by atoms with Gasteiger partial charge in [-0.15, -0.1) is 0 Å². The van der Waals surface area contributed by atoms with Gasteiger partial charge >= 0.3 is 0 Å². The molecule has 0 spiro atoms. The van der Waals surface area contributed by atoms with Gasteiger partial charge in [0.25, 0.3) is 0 Å². The van der Waals surface area contributed by atoms with E-state index in [2.05, 4.69) is 39.8 Å². The molecule has 2 nitrogen and oxygen atoms in total. The van der Waals surface area contributed by atoms with E-state index in [-0.39, 0.29) is 5.41 Å². The maximum absolute atomic E-state index is 10.0. The smallest absolute Gasteiger partial charge is 0.102 e. The van der Waals surface area contributed by atoms with Crippen LogP contribution in [0.2, 0.25) is 0 Å². The number of rotatable bonds is 7. The first-order chi connectivity index (χ1) is 8.92. The highest BCUT2D eigenvalue weighted by Crippen LogP contribution is 2.19. The predicted octanol–water partition coefficient (Wildman–Crippen LogP) is 4.13. The van der Waals surface area contributed by atoms with Crippen LogP contribution in [0.3, 0.4) is 0 Å². The van der Waals surface area contributed by atoms with Crippen molar-refractivity contribution in [3.8, 4) is 0 Å². The van der Waals surface area contributed by atoms with Crippen LogP contribution in [0.15, 0.2) is 24.3 Å². The molecule has 19 heavy (non-hydrogen) atoms. The summed E-state index contributed by atoms with van der Waals surface area (Å²) in [6, 6.07) is 8.19. The summed E-state index contributed by atoms with van der Waals surface area (Å²) in [6.45, 7) is 9.83. The van der Waals surface area contributed by atoms with Crippen LogP contribution in [-0.4, -0.2) is 18.3 Å². The van der Waals surface area contributed by atoms with Crippen LogP contribution in [0.1, 0.15) is 57.8 Å². The molecule has 0 radical (unpaired) electrons. The Hall–Kier alpha value is -0.860. The molecule has 0 saturated heterocycles. The summed E-state index contributed by atoms with van der Waals surface area (Å²) in [5, 5.41) is 10.0. The Kier molecular flexibility index (Phi) is 6.53. The molecule has 0 aliphatic heterocycles. The zero-order valence-corrected chi connectivity index (χ0v) is 12.8. The number of aryl methyl sites for hydroxylation is 1. The van der Waals surface area contributed by atoms with Crippen molar-refractivity contribution < 1.29 is 9.84 Å². The SMILES string of the molecule is CCCc1ccc(C(O)COCCC(C)(C)C)cc1. The Morgan fingerprint density at radius 2 is 1.79 bits per heavy atom. The standard InChI is InChI=1S/C17H28O2/c1-5-6-14-7-9-15(10-8-14)16(18)13-19-12-11-17(2,3)4/h7-10,16,18H,5-6,11-13H2,1-4H3. The summed E-state index contributed by atoms with van der Waals surface area (Å²) in [7, 11) is 0. The molecule has 1 unspecified atom stereocenters. The van der Waals surface area contributed by atoms with Gasteiger partial charge in [0.1, 0.15) is 6.10 Å². The number of aliphatic hydroxyl groups excluding tert-OH is 1. The second-order valence-corrected chi connectivity index (χ2v) is 6.39. The van der Waals surface area contributed by atoms with E-state index in [9.17, 15) is 5.11 Å². The molecule has 1 aromatic rings. The Labute approximate surface area is 117 Å². The number of ether oxygens (including phenoxy) is 1. The largest absolute Gasteiger partial charge is 0.386 e. The number of aliphatic hydroxyl groups is 1. The molecular formula is C17H28O2. The summed E-state index contributed by atoms with van der Waals surface area (Å²) >= 11 is 0. The molecule has 0 bridgehead atoms. The summed E-state index contributed by atoms with van der Waals surface area (Å²) in [5.41, 5.74) is 2.55. The molecule has 0 amide bonds. The van der Waals surface area contributed by atoms with E-state index in [4.69, 9.17) is 4.74 Å². The van der Waals surface area contributed by atoms with Gasteiger partial charge in [0.15, 0.2) is 0 Å². The molecule has 108 valence electrons. The van der Waals surface area contributed by atoms with Crippen LogP contribution >= 0.6 is 0 Å². The fourth-order valence-corrected chi connectivity index (χ4v) is 1.86. The second kappa shape index (κ2) is 7.66. The molecule has 0 aliphatic rings. The van der Waals surface area contributed by atoms with Crippen LogP contribution in [0.4, 0.5) is 0 Å². The lowest BCUT2D eigenvalue weighted by molar-refractivity contribution is 0.0263. The average molecular weight is 264 g/mol. The number of hydrogen-bond donors (Lipinski definition) is 1. The van der Waals surface area contributed by atoms with Crippen molar-refractivity contribution in [3.05, 3.63) is 35.4 Å². The van der Waals surface area contributed by atoms with Crippen LogP contribution < -0.4 is 0 Å². The van der Waals surface area contributed by atoms with Gasteiger partial charge in [-0.25, -0.2) is 0 Å². The van der Waals surface area contributed by atoms with E-state index in [1.165, 1.54) is 5.56 Å². The molecule has 1 N–H and O–H groups in total. The summed E-state index contributed by atoms with van der Waals surface area (Å²) in [6.07, 6.45) is 2.74. The van der Waals surface area contributed by atoms with Crippen molar-refractivity contribution >= 4 is 0 Å². The highest BCUT2D eigenvalue weighted by Gasteiger charge is 2.11. The molecule has 1 aromatic carbocycles. The Morgan fingerprint density at radius 3 is 2.32 bits per heavy atom. The summed E-state index contributed by atoms with van der Waals surface area (Å²) in [4.78, 5) is 0. The normalized spacial score (nSPS) is 13.5. The van der Waals surface area contributed by atoms with Gasteiger partial charge in [0, 0.05) is 6.61 Å². The topological polar surface area (TPSA) is 29.5 Å². The minimum Gasteiger partial charge on any atom is -0.386 e. The molecular weight excluding hydrogens is 236 g/mol. The van der Waals surface area contributed by atoms with E-state index in [1.54, 1.807) is 0 Å². The second-order valence-electron chi connectivity index (χ2n) is 6.39. The molecule has 0 saturated carbocycles. The zero-order valence-electron chi connectivity index (χ0n) is 12.8. The average Bonchev–Trinajstić information content (AvgIpc) is 2.34. The lowest BCUT2D eigenvalue weighted by atomic mass is 9.93. The van der Waals surface area contributed by atoms with Crippen molar-refractivity contribution in [1.29, 1.82) is 0 Å². The Morgan fingerprint density at radius 1 is 1.16 bits per heavy atom. The minimum absolute atomic E-state index is 0.284. The van der Waals surface area contributed by atoms with E-state index in [0.717, 1.165) is 24.8 Å². The van der Waals surface area contributed by atoms with Gasteiger partial charge in [-0.2, -0.15) is 0 Å². The fourth-order valence-electron chi connectivity index (χ4n) is 1.86. The first kappa shape index (κ1) is 16.2. The highest BCUT2D eigenvalue weighted by molar-refractivity contribution is 5.24. The van der Waals surface area contributed by atoms with Crippen LogP contribution in [0, 0.1) is 5.41 Å². The Balaban J connectivity index is 2.34. The third-order valence-corrected chi connectivity index (χ3v) is 3.18. The molecule has 0 aromatic heterocycles. The predicted molar refractivity (Wildman–Crippen MR) is 80.3 cm³/mol. The van der Waals surface area contributed by atoms with E-state index >= 15 is 0 Å². The van der Waals surface area contributed by atoms with E-state index in [1.807, 2.05) is 12.1 Å². The van der Waals surface area contributed by atoms with Gasteiger partial charge in [-0.3, -0.25) is 0 Å². The zero-order chi connectivity index (χ0) is 14.3. The molecule has 2 heteroatoms. The van der Waals surface area contributed by atoms with Crippen LogP contribution in [0.5, 0.6) is 0 Å². The van der Waals surface area contributed by atoms with Gasteiger partial charge in [0.05, 0.1) is 6.61 Å².